The maximum absolute atomic E-state index is 12.5. The van der Waals surface area contributed by atoms with Crippen molar-refractivity contribution in [1.29, 1.82) is 5.26 Å². The van der Waals surface area contributed by atoms with Crippen LogP contribution in [0.15, 0.2) is 42.5 Å². The first-order valence-corrected chi connectivity index (χ1v) is 11.3. The lowest BCUT2D eigenvalue weighted by Crippen LogP contribution is -2.19. The fourth-order valence-electron chi connectivity index (χ4n) is 4.65. The molecule has 0 heterocycles. The van der Waals surface area contributed by atoms with Crippen molar-refractivity contribution in [2.45, 2.75) is 71.6 Å². The molecule has 0 radical (unpaired) electrons. The summed E-state index contributed by atoms with van der Waals surface area (Å²) in [6, 6.07) is 15.2. The van der Waals surface area contributed by atoms with Crippen molar-refractivity contribution < 1.29 is 9.53 Å². The topological polar surface area (TPSA) is 50.1 Å². The third-order valence-electron chi connectivity index (χ3n) is 6.67. The number of hydrogen-bond donors (Lipinski definition) is 0. The lowest BCUT2D eigenvalue weighted by atomic mass is 9.73. The SMILES string of the molecule is CCCCC(C)C1CCC(c2ccc(C(=O)Oc3ccc(C)cc3C#N)cc2)CC1. The van der Waals surface area contributed by atoms with E-state index in [1.54, 1.807) is 12.1 Å². The number of carbonyl (C=O) groups excluding carboxylic acids is 1. The summed E-state index contributed by atoms with van der Waals surface area (Å²) in [5.74, 6) is 2.18. The van der Waals surface area contributed by atoms with E-state index in [0.29, 0.717) is 22.8 Å². The molecular formula is C27H33NO2. The summed E-state index contributed by atoms with van der Waals surface area (Å²) in [5.41, 5.74) is 3.18. The molecule has 0 aromatic heterocycles. The van der Waals surface area contributed by atoms with Crippen LogP contribution in [0.3, 0.4) is 0 Å². The van der Waals surface area contributed by atoms with E-state index in [1.165, 1.54) is 50.5 Å². The Kier molecular flexibility index (Phi) is 7.69. The minimum Gasteiger partial charge on any atom is -0.422 e. The Morgan fingerprint density at radius 2 is 1.83 bits per heavy atom. The van der Waals surface area contributed by atoms with Gasteiger partial charge in [0, 0.05) is 0 Å². The van der Waals surface area contributed by atoms with Crippen LogP contribution in [0.2, 0.25) is 0 Å². The first-order chi connectivity index (χ1) is 14.5. The van der Waals surface area contributed by atoms with Crippen LogP contribution in [0.4, 0.5) is 0 Å². The second-order valence-electron chi connectivity index (χ2n) is 8.85. The largest absolute Gasteiger partial charge is 0.422 e. The zero-order valence-corrected chi connectivity index (χ0v) is 18.5. The lowest BCUT2D eigenvalue weighted by Gasteiger charge is -2.32. The average molecular weight is 404 g/mol. The molecule has 1 atom stereocenters. The Balaban J connectivity index is 1.58. The van der Waals surface area contributed by atoms with Crippen LogP contribution >= 0.6 is 0 Å². The minimum atomic E-state index is -0.421. The molecule has 158 valence electrons. The smallest absolute Gasteiger partial charge is 0.343 e. The lowest BCUT2D eigenvalue weighted by molar-refractivity contribution is 0.0734. The Bertz CT molecular complexity index is 886. The van der Waals surface area contributed by atoms with E-state index in [0.717, 1.165) is 17.4 Å². The van der Waals surface area contributed by atoms with Crippen molar-refractivity contribution in [3.05, 3.63) is 64.7 Å². The normalized spacial score (nSPS) is 19.7. The molecule has 1 saturated carbocycles. The number of unbranched alkanes of at least 4 members (excludes halogenated alkanes) is 1. The average Bonchev–Trinajstić information content (AvgIpc) is 2.78. The third-order valence-corrected chi connectivity index (χ3v) is 6.67. The van der Waals surface area contributed by atoms with Gasteiger partial charge in [0.15, 0.2) is 0 Å². The maximum atomic E-state index is 12.5. The van der Waals surface area contributed by atoms with Gasteiger partial charge in [-0.3, -0.25) is 0 Å². The van der Waals surface area contributed by atoms with Crippen molar-refractivity contribution in [1.82, 2.24) is 0 Å². The van der Waals surface area contributed by atoms with E-state index < -0.39 is 5.97 Å². The first kappa shape index (κ1) is 22.1. The van der Waals surface area contributed by atoms with Gasteiger partial charge in [-0.25, -0.2) is 4.79 Å². The summed E-state index contributed by atoms with van der Waals surface area (Å²) in [7, 11) is 0. The quantitative estimate of drug-likeness (QED) is 0.363. The maximum Gasteiger partial charge on any atom is 0.343 e. The summed E-state index contributed by atoms with van der Waals surface area (Å²) in [6.45, 7) is 6.60. The minimum absolute atomic E-state index is 0.313. The Morgan fingerprint density at radius 1 is 1.13 bits per heavy atom. The highest BCUT2D eigenvalue weighted by atomic mass is 16.5. The van der Waals surface area contributed by atoms with E-state index in [1.807, 2.05) is 25.1 Å². The van der Waals surface area contributed by atoms with Gasteiger partial charge in [0.25, 0.3) is 0 Å². The van der Waals surface area contributed by atoms with Crippen LogP contribution in [-0.4, -0.2) is 5.97 Å². The molecule has 0 spiro atoms. The summed E-state index contributed by atoms with van der Waals surface area (Å²) < 4.78 is 5.47. The van der Waals surface area contributed by atoms with Gasteiger partial charge in [-0.05, 0) is 85.8 Å². The van der Waals surface area contributed by atoms with Crippen molar-refractivity contribution >= 4 is 5.97 Å². The molecule has 1 fully saturated rings. The number of hydrogen-bond acceptors (Lipinski definition) is 3. The molecule has 2 aromatic rings. The molecule has 0 saturated heterocycles. The highest BCUT2D eigenvalue weighted by Crippen LogP contribution is 2.40. The highest BCUT2D eigenvalue weighted by molar-refractivity contribution is 5.91. The van der Waals surface area contributed by atoms with E-state index in [2.05, 4.69) is 32.0 Å². The van der Waals surface area contributed by atoms with Crippen molar-refractivity contribution in [2.75, 3.05) is 0 Å². The van der Waals surface area contributed by atoms with Crippen molar-refractivity contribution in [3.63, 3.8) is 0 Å². The molecule has 0 aliphatic heterocycles. The second-order valence-corrected chi connectivity index (χ2v) is 8.85. The molecule has 3 nitrogen and oxygen atoms in total. The summed E-state index contributed by atoms with van der Waals surface area (Å²) in [5, 5.41) is 9.26. The van der Waals surface area contributed by atoms with Crippen LogP contribution < -0.4 is 4.74 Å². The number of aryl methyl sites for hydroxylation is 1. The Hall–Kier alpha value is -2.60. The number of nitrogens with zero attached hydrogens (tertiary/aromatic N) is 1. The monoisotopic (exact) mass is 403 g/mol. The molecule has 1 aliphatic carbocycles. The van der Waals surface area contributed by atoms with Gasteiger partial charge in [-0.1, -0.05) is 51.3 Å². The van der Waals surface area contributed by atoms with Crippen molar-refractivity contribution in [3.8, 4) is 11.8 Å². The van der Waals surface area contributed by atoms with E-state index in [9.17, 15) is 10.1 Å². The first-order valence-electron chi connectivity index (χ1n) is 11.3. The van der Waals surface area contributed by atoms with Crippen LogP contribution in [-0.2, 0) is 0 Å². The van der Waals surface area contributed by atoms with Crippen LogP contribution in [0.25, 0.3) is 0 Å². The second kappa shape index (κ2) is 10.4. The number of rotatable bonds is 7. The zero-order valence-electron chi connectivity index (χ0n) is 18.5. The number of nitriles is 1. The number of benzene rings is 2. The number of carbonyl (C=O) groups is 1. The fraction of sp³-hybridized carbons (Fsp3) is 0.481. The van der Waals surface area contributed by atoms with Crippen LogP contribution in [0, 0.1) is 30.1 Å². The van der Waals surface area contributed by atoms with E-state index in [-0.39, 0.29) is 0 Å². The Labute approximate surface area is 181 Å². The highest BCUT2D eigenvalue weighted by Gasteiger charge is 2.26. The van der Waals surface area contributed by atoms with Gasteiger partial charge in [0.2, 0.25) is 0 Å². The summed E-state index contributed by atoms with van der Waals surface area (Å²) in [6.07, 6.45) is 9.08. The molecule has 0 N–H and O–H groups in total. The fourth-order valence-corrected chi connectivity index (χ4v) is 4.65. The zero-order chi connectivity index (χ0) is 21.5. The summed E-state index contributed by atoms with van der Waals surface area (Å²) >= 11 is 0. The van der Waals surface area contributed by atoms with Crippen LogP contribution in [0.5, 0.6) is 5.75 Å². The van der Waals surface area contributed by atoms with Gasteiger partial charge in [0.1, 0.15) is 11.8 Å². The van der Waals surface area contributed by atoms with E-state index in [4.69, 9.17) is 4.74 Å². The van der Waals surface area contributed by atoms with Gasteiger partial charge in [-0.15, -0.1) is 0 Å². The number of ether oxygens (including phenoxy) is 1. The molecule has 3 heteroatoms. The molecule has 1 unspecified atom stereocenters. The molecular weight excluding hydrogens is 370 g/mol. The molecule has 0 bridgehead atoms. The van der Waals surface area contributed by atoms with Gasteiger partial charge >= 0.3 is 5.97 Å². The van der Waals surface area contributed by atoms with Crippen LogP contribution in [0.1, 0.15) is 91.8 Å². The molecule has 0 amide bonds. The Morgan fingerprint density at radius 3 is 2.47 bits per heavy atom. The standard InChI is InChI=1S/C27H33NO2/c1-4-5-6-20(3)21-8-10-22(11-9-21)23-12-14-24(15-13-23)27(29)30-26-16-7-19(2)17-25(26)18-28/h7,12-17,20-22H,4-6,8-11H2,1-3H3. The molecule has 1 aliphatic rings. The molecule has 3 rings (SSSR count). The predicted molar refractivity (Wildman–Crippen MR) is 121 cm³/mol. The number of esters is 1. The van der Waals surface area contributed by atoms with E-state index >= 15 is 0 Å². The summed E-state index contributed by atoms with van der Waals surface area (Å²) in [4.78, 5) is 12.5. The molecule has 2 aromatic carbocycles. The van der Waals surface area contributed by atoms with Gasteiger partial charge in [-0.2, -0.15) is 5.26 Å². The van der Waals surface area contributed by atoms with Gasteiger partial charge < -0.3 is 4.74 Å². The third kappa shape index (κ3) is 5.51. The predicted octanol–water partition coefficient (Wildman–Crippen LogP) is 7.19. The van der Waals surface area contributed by atoms with Gasteiger partial charge in [0.05, 0.1) is 11.1 Å². The molecule has 30 heavy (non-hydrogen) atoms. The van der Waals surface area contributed by atoms with Crippen molar-refractivity contribution in [2.24, 2.45) is 11.8 Å².